The molecule has 3 N–H and O–H groups in total. The monoisotopic (exact) mass is 355 g/mol. The largest absolute Gasteiger partial charge is 0.343 e. The second kappa shape index (κ2) is 8.44. The van der Waals surface area contributed by atoms with Crippen molar-refractivity contribution in [2.75, 3.05) is 18.4 Å². The summed E-state index contributed by atoms with van der Waals surface area (Å²) in [5.41, 5.74) is 6.14. The highest BCUT2D eigenvalue weighted by Gasteiger charge is 2.27. The van der Waals surface area contributed by atoms with Crippen LogP contribution >= 0.6 is 11.6 Å². The molecular formula is C17H23ClFN3O2. The molecule has 0 aliphatic carbocycles. The number of piperidine rings is 1. The SMILES string of the molecule is CC(N)CCC(=O)N1CCC(C(=O)Nc2ccc(F)c(Cl)c2)CC1. The Morgan fingerprint density at radius 2 is 2.08 bits per heavy atom. The molecule has 1 fully saturated rings. The maximum atomic E-state index is 13.1. The number of benzene rings is 1. The number of hydrogen-bond donors (Lipinski definition) is 2. The smallest absolute Gasteiger partial charge is 0.227 e. The fourth-order valence-electron chi connectivity index (χ4n) is 2.72. The summed E-state index contributed by atoms with van der Waals surface area (Å²) in [5, 5.41) is 2.73. The van der Waals surface area contributed by atoms with Crippen molar-refractivity contribution in [3.05, 3.63) is 29.0 Å². The van der Waals surface area contributed by atoms with Crippen LogP contribution in [0.3, 0.4) is 0 Å². The van der Waals surface area contributed by atoms with Gasteiger partial charge >= 0.3 is 0 Å². The number of anilines is 1. The van der Waals surface area contributed by atoms with Crippen LogP contribution in [0, 0.1) is 11.7 Å². The van der Waals surface area contributed by atoms with E-state index in [1.807, 2.05) is 6.92 Å². The van der Waals surface area contributed by atoms with Crippen molar-refractivity contribution in [1.82, 2.24) is 4.90 Å². The third-order valence-corrected chi connectivity index (χ3v) is 4.51. The van der Waals surface area contributed by atoms with Gasteiger partial charge in [-0.2, -0.15) is 0 Å². The van der Waals surface area contributed by atoms with Crippen LogP contribution < -0.4 is 11.1 Å². The van der Waals surface area contributed by atoms with Crippen LogP contribution in [0.4, 0.5) is 10.1 Å². The third kappa shape index (κ3) is 5.18. The Balaban J connectivity index is 1.82. The van der Waals surface area contributed by atoms with Gasteiger partial charge in [0.1, 0.15) is 5.82 Å². The molecule has 0 radical (unpaired) electrons. The van der Waals surface area contributed by atoms with Gasteiger partial charge in [-0.15, -0.1) is 0 Å². The van der Waals surface area contributed by atoms with Crippen molar-refractivity contribution in [3.63, 3.8) is 0 Å². The van der Waals surface area contributed by atoms with Crippen LogP contribution in [0.1, 0.15) is 32.6 Å². The highest BCUT2D eigenvalue weighted by Crippen LogP contribution is 2.23. The fourth-order valence-corrected chi connectivity index (χ4v) is 2.90. The Morgan fingerprint density at radius 3 is 2.67 bits per heavy atom. The highest BCUT2D eigenvalue weighted by atomic mass is 35.5. The zero-order valence-corrected chi connectivity index (χ0v) is 14.5. The van der Waals surface area contributed by atoms with E-state index in [0.29, 0.717) is 44.5 Å². The van der Waals surface area contributed by atoms with E-state index in [2.05, 4.69) is 5.32 Å². The van der Waals surface area contributed by atoms with Crippen molar-refractivity contribution >= 4 is 29.1 Å². The summed E-state index contributed by atoms with van der Waals surface area (Å²) in [6.07, 6.45) is 2.35. The van der Waals surface area contributed by atoms with Gasteiger partial charge in [0.25, 0.3) is 0 Å². The van der Waals surface area contributed by atoms with E-state index in [9.17, 15) is 14.0 Å². The van der Waals surface area contributed by atoms with E-state index < -0.39 is 5.82 Å². The summed E-state index contributed by atoms with van der Waals surface area (Å²) in [7, 11) is 0. The average Bonchev–Trinajstić information content (AvgIpc) is 2.56. The second-order valence-electron chi connectivity index (χ2n) is 6.29. The molecule has 2 amide bonds. The first kappa shape index (κ1) is 18.7. The first-order valence-corrected chi connectivity index (χ1v) is 8.54. The van der Waals surface area contributed by atoms with Crippen LogP contribution in [0.5, 0.6) is 0 Å². The van der Waals surface area contributed by atoms with Gasteiger partial charge in [-0.05, 0) is 44.4 Å². The number of carbonyl (C=O) groups is 2. The van der Waals surface area contributed by atoms with Crippen molar-refractivity contribution in [3.8, 4) is 0 Å². The molecule has 0 bridgehead atoms. The molecule has 0 saturated carbocycles. The predicted molar refractivity (Wildman–Crippen MR) is 92.2 cm³/mol. The molecule has 7 heteroatoms. The number of carbonyl (C=O) groups excluding carboxylic acids is 2. The van der Waals surface area contributed by atoms with Gasteiger partial charge in [0.15, 0.2) is 0 Å². The Hall–Kier alpha value is -1.66. The molecule has 1 heterocycles. The molecule has 1 aromatic rings. The minimum absolute atomic E-state index is 0.0137. The lowest BCUT2D eigenvalue weighted by Gasteiger charge is -2.31. The lowest BCUT2D eigenvalue weighted by Crippen LogP contribution is -2.41. The fraction of sp³-hybridized carbons (Fsp3) is 0.529. The molecule has 2 rings (SSSR count). The number of hydrogen-bond acceptors (Lipinski definition) is 3. The van der Waals surface area contributed by atoms with Crippen LogP contribution in [0.2, 0.25) is 5.02 Å². The van der Waals surface area contributed by atoms with E-state index in [4.69, 9.17) is 17.3 Å². The number of rotatable bonds is 5. The maximum absolute atomic E-state index is 13.1. The minimum Gasteiger partial charge on any atom is -0.343 e. The molecule has 1 aliphatic heterocycles. The first-order valence-electron chi connectivity index (χ1n) is 8.16. The van der Waals surface area contributed by atoms with Crippen molar-refractivity contribution in [2.45, 2.75) is 38.6 Å². The van der Waals surface area contributed by atoms with E-state index in [0.717, 1.165) is 0 Å². The number of likely N-dealkylation sites (tertiary alicyclic amines) is 1. The second-order valence-corrected chi connectivity index (χ2v) is 6.70. The predicted octanol–water partition coefficient (Wildman–Crippen LogP) is 2.78. The Bertz CT molecular complexity index is 601. The standard InChI is InChI=1S/C17H23ClFN3O2/c1-11(20)2-5-16(23)22-8-6-12(7-9-22)17(24)21-13-3-4-15(19)14(18)10-13/h3-4,10-12H,2,5-9,20H2,1H3,(H,21,24). The molecule has 132 valence electrons. The molecule has 1 saturated heterocycles. The van der Waals surface area contributed by atoms with Crippen molar-refractivity contribution in [2.24, 2.45) is 11.7 Å². The normalized spacial score (nSPS) is 16.8. The van der Waals surface area contributed by atoms with Crippen molar-refractivity contribution in [1.29, 1.82) is 0 Å². The van der Waals surface area contributed by atoms with Gasteiger partial charge in [0.2, 0.25) is 11.8 Å². The van der Waals surface area contributed by atoms with Crippen LogP contribution in [-0.4, -0.2) is 35.8 Å². The number of halogens is 2. The van der Waals surface area contributed by atoms with E-state index in [1.165, 1.54) is 18.2 Å². The molecule has 1 aliphatic rings. The molecule has 1 unspecified atom stereocenters. The summed E-state index contributed by atoms with van der Waals surface area (Å²) in [6, 6.07) is 4.10. The summed E-state index contributed by atoms with van der Waals surface area (Å²) >= 11 is 5.71. The molecular weight excluding hydrogens is 333 g/mol. The van der Waals surface area contributed by atoms with Crippen LogP contribution in [0.25, 0.3) is 0 Å². The first-order chi connectivity index (χ1) is 11.4. The van der Waals surface area contributed by atoms with Gasteiger partial charge in [0.05, 0.1) is 5.02 Å². The van der Waals surface area contributed by atoms with Gasteiger partial charge in [-0.3, -0.25) is 9.59 Å². The number of nitrogens with two attached hydrogens (primary N) is 1. The van der Waals surface area contributed by atoms with Gasteiger partial charge < -0.3 is 16.0 Å². The quantitative estimate of drug-likeness (QED) is 0.852. The lowest BCUT2D eigenvalue weighted by atomic mass is 9.95. The summed E-state index contributed by atoms with van der Waals surface area (Å²) in [6.45, 7) is 3.02. The van der Waals surface area contributed by atoms with Gasteiger partial charge in [-0.1, -0.05) is 11.6 Å². The van der Waals surface area contributed by atoms with Gasteiger partial charge in [-0.25, -0.2) is 4.39 Å². The molecule has 0 aromatic heterocycles. The Morgan fingerprint density at radius 1 is 1.42 bits per heavy atom. The number of nitrogens with zero attached hydrogens (tertiary/aromatic N) is 1. The molecule has 0 spiro atoms. The molecule has 1 aromatic carbocycles. The maximum Gasteiger partial charge on any atom is 0.227 e. The summed E-state index contributed by atoms with van der Waals surface area (Å²) < 4.78 is 13.1. The number of nitrogens with one attached hydrogen (secondary N) is 1. The summed E-state index contributed by atoms with van der Waals surface area (Å²) in [5.74, 6) is -0.712. The minimum atomic E-state index is -0.520. The molecule has 5 nitrogen and oxygen atoms in total. The zero-order chi connectivity index (χ0) is 17.7. The third-order valence-electron chi connectivity index (χ3n) is 4.22. The Labute approximate surface area is 146 Å². The van der Waals surface area contributed by atoms with Crippen LogP contribution in [0.15, 0.2) is 18.2 Å². The van der Waals surface area contributed by atoms with E-state index in [1.54, 1.807) is 4.90 Å². The lowest BCUT2D eigenvalue weighted by molar-refractivity contribution is -0.134. The van der Waals surface area contributed by atoms with Crippen molar-refractivity contribution < 1.29 is 14.0 Å². The Kier molecular flexibility index (Phi) is 6.57. The average molecular weight is 356 g/mol. The topological polar surface area (TPSA) is 75.4 Å². The van der Waals surface area contributed by atoms with E-state index >= 15 is 0 Å². The van der Waals surface area contributed by atoms with Crippen LogP contribution in [-0.2, 0) is 9.59 Å². The van der Waals surface area contributed by atoms with E-state index in [-0.39, 0.29) is 28.8 Å². The zero-order valence-electron chi connectivity index (χ0n) is 13.7. The highest BCUT2D eigenvalue weighted by molar-refractivity contribution is 6.31. The number of amides is 2. The van der Waals surface area contributed by atoms with Gasteiger partial charge in [0, 0.05) is 37.2 Å². The molecule has 1 atom stereocenters. The molecule has 24 heavy (non-hydrogen) atoms. The summed E-state index contributed by atoms with van der Waals surface area (Å²) in [4.78, 5) is 26.1.